The van der Waals surface area contributed by atoms with Gasteiger partial charge in [0.1, 0.15) is 5.82 Å². The van der Waals surface area contributed by atoms with Crippen LogP contribution in [0.4, 0.5) is 5.82 Å². The summed E-state index contributed by atoms with van der Waals surface area (Å²) in [5.41, 5.74) is 1.32. The Balaban J connectivity index is 1.67. The Morgan fingerprint density at radius 3 is 2.42 bits per heavy atom. The molecule has 1 unspecified atom stereocenters. The van der Waals surface area contributed by atoms with E-state index in [2.05, 4.69) is 17.3 Å². The number of amides is 3. The van der Waals surface area contributed by atoms with E-state index >= 15 is 0 Å². The van der Waals surface area contributed by atoms with Gasteiger partial charge in [-0.05, 0) is 31.0 Å². The standard InChI is InChI=1S/C19H22N4O3/c1-3-13(2)23-16(10-11-20-23)21-19(26)15-6-4-14(5-7-15)12-22-17(24)8-9-18(22)25/h4-7,10-11,13H,3,8-9,12H2,1-2H3,(H,21,26). The van der Waals surface area contributed by atoms with E-state index in [1.165, 1.54) is 4.90 Å². The second-order valence-corrected chi connectivity index (χ2v) is 6.44. The number of imide groups is 1. The van der Waals surface area contributed by atoms with Crippen LogP contribution >= 0.6 is 0 Å². The number of hydrogen-bond acceptors (Lipinski definition) is 4. The van der Waals surface area contributed by atoms with E-state index in [0.717, 1.165) is 12.0 Å². The highest BCUT2D eigenvalue weighted by atomic mass is 16.2. The van der Waals surface area contributed by atoms with E-state index in [9.17, 15) is 14.4 Å². The average molecular weight is 354 g/mol. The normalized spacial score (nSPS) is 15.4. The molecule has 1 N–H and O–H groups in total. The fraction of sp³-hybridized carbons (Fsp3) is 0.368. The van der Waals surface area contributed by atoms with Crippen molar-refractivity contribution in [2.45, 2.75) is 45.7 Å². The molecule has 136 valence electrons. The second-order valence-electron chi connectivity index (χ2n) is 6.44. The molecule has 1 aromatic carbocycles. The molecule has 0 saturated carbocycles. The van der Waals surface area contributed by atoms with E-state index in [4.69, 9.17) is 0 Å². The Kier molecular flexibility index (Phi) is 5.16. The molecule has 0 aliphatic carbocycles. The smallest absolute Gasteiger partial charge is 0.256 e. The molecule has 1 aromatic heterocycles. The van der Waals surface area contributed by atoms with Crippen molar-refractivity contribution in [3.05, 3.63) is 47.7 Å². The highest BCUT2D eigenvalue weighted by Gasteiger charge is 2.28. The lowest BCUT2D eigenvalue weighted by Crippen LogP contribution is -2.28. The first kappa shape index (κ1) is 17.8. The van der Waals surface area contributed by atoms with Crippen LogP contribution in [0.25, 0.3) is 0 Å². The SMILES string of the molecule is CCC(C)n1nccc1NC(=O)c1ccc(CN2C(=O)CCC2=O)cc1. The van der Waals surface area contributed by atoms with Crippen LogP contribution in [-0.4, -0.2) is 32.4 Å². The van der Waals surface area contributed by atoms with Gasteiger partial charge in [0.25, 0.3) is 5.91 Å². The van der Waals surface area contributed by atoms with E-state index < -0.39 is 0 Å². The Morgan fingerprint density at radius 2 is 1.81 bits per heavy atom. The minimum Gasteiger partial charge on any atom is -0.307 e. The number of anilines is 1. The molecule has 0 radical (unpaired) electrons. The first-order valence-electron chi connectivity index (χ1n) is 8.76. The average Bonchev–Trinajstić information content (AvgIpc) is 3.23. The first-order valence-corrected chi connectivity index (χ1v) is 8.76. The maximum Gasteiger partial charge on any atom is 0.256 e. The lowest BCUT2D eigenvalue weighted by molar-refractivity contribution is -0.139. The van der Waals surface area contributed by atoms with E-state index in [1.807, 2.05) is 6.92 Å². The van der Waals surface area contributed by atoms with Crippen molar-refractivity contribution in [3.63, 3.8) is 0 Å². The summed E-state index contributed by atoms with van der Waals surface area (Å²) in [6.07, 6.45) is 3.13. The molecule has 1 fully saturated rings. The number of aromatic nitrogens is 2. The van der Waals surface area contributed by atoms with Gasteiger partial charge in [-0.15, -0.1) is 0 Å². The van der Waals surface area contributed by atoms with Crippen LogP contribution in [0.2, 0.25) is 0 Å². The van der Waals surface area contributed by atoms with Crippen LogP contribution in [0.3, 0.4) is 0 Å². The van der Waals surface area contributed by atoms with Gasteiger partial charge in [-0.1, -0.05) is 19.1 Å². The molecule has 3 rings (SSSR count). The zero-order chi connectivity index (χ0) is 18.7. The predicted molar refractivity (Wildman–Crippen MR) is 96.4 cm³/mol. The van der Waals surface area contributed by atoms with Crippen LogP contribution in [-0.2, 0) is 16.1 Å². The van der Waals surface area contributed by atoms with Crippen molar-refractivity contribution >= 4 is 23.5 Å². The lowest BCUT2D eigenvalue weighted by atomic mass is 10.1. The third-order valence-electron chi connectivity index (χ3n) is 4.63. The molecule has 1 aliphatic rings. The number of benzene rings is 1. The fourth-order valence-electron chi connectivity index (χ4n) is 2.87. The summed E-state index contributed by atoms with van der Waals surface area (Å²) >= 11 is 0. The van der Waals surface area contributed by atoms with Crippen molar-refractivity contribution in [1.82, 2.24) is 14.7 Å². The fourth-order valence-corrected chi connectivity index (χ4v) is 2.87. The van der Waals surface area contributed by atoms with Gasteiger partial charge < -0.3 is 5.32 Å². The third-order valence-corrected chi connectivity index (χ3v) is 4.63. The third kappa shape index (κ3) is 3.66. The minimum atomic E-state index is -0.227. The summed E-state index contributed by atoms with van der Waals surface area (Å²) in [6.45, 7) is 4.35. The molecule has 1 saturated heterocycles. The monoisotopic (exact) mass is 354 g/mol. The lowest BCUT2D eigenvalue weighted by Gasteiger charge is -2.15. The largest absolute Gasteiger partial charge is 0.307 e. The first-order chi connectivity index (χ1) is 12.5. The van der Waals surface area contributed by atoms with Crippen molar-refractivity contribution in [2.24, 2.45) is 0 Å². The van der Waals surface area contributed by atoms with Gasteiger partial charge in [0, 0.05) is 24.5 Å². The highest BCUT2D eigenvalue weighted by molar-refractivity contribution is 6.04. The van der Waals surface area contributed by atoms with E-state index in [-0.39, 0.29) is 43.1 Å². The summed E-state index contributed by atoms with van der Waals surface area (Å²) < 4.78 is 1.79. The molecule has 3 amide bonds. The number of likely N-dealkylation sites (tertiary alicyclic amines) is 1. The number of nitrogens with zero attached hydrogens (tertiary/aromatic N) is 3. The number of hydrogen-bond donors (Lipinski definition) is 1. The van der Waals surface area contributed by atoms with Crippen molar-refractivity contribution in [1.29, 1.82) is 0 Å². The predicted octanol–water partition coefficient (Wildman–Crippen LogP) is 2.76. The van der Waals surface area contributed by atoms with E-state index in [0.29, 0.717) is 11.4 Å². The molecular formula is C19H22N4O3. The van der Waals surface area contributed by atoms with Gasteiger partial charge >= 0.3 is 0 Å². The summed E-state index contributed by atoms with van der Waals surface area (Å²) in [4.78, 5) is 37.1. The second kappa shape index (κ2) is 7.51. The summed E-state index contributed by atoms with van der Waals surface area (Å²) in [5, 5.41) is 7.12. The molecule has 0 bridgehead atoms. The van der Waals surface area contributed by atoms with Gasteiger partial charge in [0.05, 0.1) is 18.8 Å². The van der Waals surface area contributed by atoms with Crippen LogP contribution in [0, 0.1) is 0 Å². The summed E-state index contributed by atoms with van der Waals surface area (Å²) in [7, 11) is 0. The number of nitrogens with one attached hydrogen (secondary N) is 1. The minimum absolute atomic E-state index is 0.143. The summed E-state index contributed by atoms with van der Waals surface area (Å²) in [6, 6.07) is 8.88. The van der Waals surface area contributed by atoms with Gasteiger partial charge in [0.15, 0.2) is 0 Å². The number of carbonyl (C=O) groups is 3. The molecule has 0 spiro atoms. The molecule has 2 aromatic rings. The maximum absolute atomic E-state index is 12.5. The van der Waals surface area contributed by atoms with Crippen LogP contribution in [0.15, 0.2) is 36.5 Å². The van der Waals surface area contributed by atoms with Gasteiger partial charge in [-0.2, -0.15) is 5.10 Å². The van der Waals surface area contributed by atoms with Crippen molar-refractivity contribution in [2.75, 3.05) is 5.32 Å². The molecule has 7 nitrogen and oxygen atoms in total. The maximum atomic E-state index is 12.5. The zero-order valence-electron chi connectivity index (χ0n) is 14.9. The molecule has 7 heteroatoms. The molecule has 1 atom stereocenters. The number of rotatable bonds is 6. The van der Waals surface area contributed by atoms with Gasteiger partial charge in [-0.25, -0.2) is 4.68 Å². The quantitative estimate of drug-likeness (QED) is 0.809. The van der Waals surface area contributed by atoms with Crippen LogP contribution in [0.5, 0.6) is 0 Å². The van der Waals surface area contributed by atoms with Crippen molar-refractivity contribution in [3.8, 4) is 0 Å². The van der Waals surface area contributed by atoms with Crippen LogP contribution < -0.4 is 5.32 Å². The highest BCUT2D eigenvalue weighted by Crippen LogP contribution is 2.19. The molecule has 2 heterocycles. The van der Waals surface area contributed by atoms with E-state index in [1.54, 1.807) is 41.2 Å². The molecule has 26 heavy (non-hydrogen) atoms. The van der Waals surface area contributed by atoms with Crippen LogP contribution in [0.1, 0.15) is 55.1 Å². The molecule has 1 aliphatic heterocycles. The zero-order valence-corrected chi connectivity index (χ0v) is 14.9. The molecular weight excluding hydrogens is 332 g/mol. The number of carbonyl (C=O) groups excluding carboxylic acids is 3. The Morgan fingerprint density at radius 1 is 1.15 bits per heavy atom. The van der Waals surface area contributed by atoms with Crippen molar-refractivity contribution < 1.29 is 14.4 Å². The van der Waals surface area contributed by atoms with Gasteiger partial charge in [0.2, 0.25) is 11.8 Å². The van der Waals surface area contributed by atoms with Gasteiger partial charge in [-0.3, -0.25) is 19.3 Å². The summed E-state index contributed by atoms with van der Waals surface area (Å²) in [5.74, 6) is 0.141. The topological polar surface area (TPSA) is 84.3 Å². The Hall–Kier alpha value is -2.96. The Bertz CT molecular complexity index is 810. The Labute approximate surface area is 152 Å².